The van der Waals surface area contributed by atoms with Crippen LogP contribution >= 0.6 is 27.5 Å². The van der Waals surface area contributed by atoms with Crippen LogP contribution in [0.3, 0.4) is 0 Å². The third-order valence-corrected chi connectivity index (χ3v) is 5.37. The third-order valence-electron chi connectivity index (χ3n) is 4.47. The van der Waals surface area contributed by atoms with Crippen LogP contribution in [0.2, 0.25) is 5.02 Å². The van der Waals surface area contributed by atoms with Crippen LogP contribution < -0.4 is 10.2 Å². The number of anilines is 2. The van der Waals surface area contributed by atoms with Crippen molar-refractivity contribution in [1.82, 2.24) is 0 Å². The Balaban J connectivity index is 1.75. The van der Waals surface area contributed by atoms with Crippen molar-refractivity contribution in [1.29, 1.82) is 0 Å². The maximum absolute atomic E-state index is 12.6. The van der Waals surface area contributed by atoms with Gasteiger partial charge in [0.1, 0.15) is 0 Å². The van der Waals surface area contributed by atoms with Crippen molar-refractivity contribution in [2.75, 3.05) is 16.8 Å². The van der Waals surface area contributed by atoms with Gasteiger partial charge in [0.2, 0.25) is 11.8 Å². The number of aryl methyl sites for hydroxylation is 1. The van der Waals surface area contributed by atoms with Gasteiger partial charge in [-0.25, -0.2) is 0 Å². The molecule has 4 nitrogen and oxygen atoms in total. The summed E-state index contributed by atoms with van der Waals surface area (Å²) in [4.78, 5) is 26.7. The van der Waals surface area contributed by atoms with Gasteiger partial charge in [0.05, 0.1) is 5.92 Å². The first kappa shape index (κ1) is 18.0. The number of benzene rings is 2. The molecule has 1 atom stereocenters. The van der Waals surface area contributed by atoms with Gasteiger partial charge >= 0.3 is 0 Å². The molecule has 0 radical (unpaired) electrons. The Labute approximate surface area is 160 Å². The molecule has 2 aromatic carbocycles. The predicted octanol–water partition coefficient (Wildman–Crippen LogP) is 4.71. The molecule has 0 spiro atoms. The van der Waals surface area contributed by atoms with Gasteiger partial charge in [-0.2, -0.15) is 0 Å². The van der Waals surface area contributed by atoms with Crippen molar-refractivity contribution in [3.63, 3.8) is 0 Å². The molecule has 1 N–H and O–H groups in total. The fourth-order valence-corrected chi connectivity index (χ4v) is 3.65. The van der Waals surface area contributed by atoms with Crippen LogP contribution in [-0.4, -0.2) is 18.4 Å². The zero-order chi connectivity index (χ0) is 18.1. The summed E-state index contributed by atoms with van der Waals surface area (Å²) in [6, 6.07) is 11.1. The highest BCUT2D eigenvalue weighted by atomic mass is 79.9. The molecule has 1 saturated heterocycles. The van der Waals surface area contributed by atoms with E-state index in [9.17, 15) is 9.59 Å². The smallest absolute Gasteiger partial charge is 0.229 e. The minimum absolute atomic E-state index is 0.0574. The maximum atomic E-state index is 12.6. The quantitative estimate of drug-likeness (QED) is 0.780. The molecule has 6 heteroatoms. The van der Waals surface area contributed by atoms with Gasteiger partial charge in [-0.3, -0.25) is 9.59 Å². The van der Waals surface area contributed by atoms with E-state index in [1.807, 2.05) is 44.2 Å². The molecule has 1 heterocycles. The average molecular weight is 422 g/mol. The van der Waals surface area contributed by atoms with Crippen LogP contribution in [0.15, 0.2) is 40.9 Å². The molecule has 1 aliphatic heterocycles. The molecule has 2 amide bonds. The second kappa shape index (κ2) is 7.18. The van der Waals surface area contributed by atoms with Gasteiger partial charge in [0, 0.05) is 33.8 Å². The first-order valence-corrected chi connectivity index (χ1v) is 9.16. The fraction of sp³-hybridized carbons (Fsp3) is 0.263. The van der Waals surface area contributed by atoms with Crippen LogP contribution in [0.4, 0.5) is 11.4 Å². The van der Waals surface area contributed by atoms with E-state index in [1.165, 1.54) is 0 Å². The fourth-order valence-electron chi connectivity index (χ4n) is 3.01. The van der Waals surface area contributed by atoms with E-state index in [0.29, 0.717) is 11.6 Å². The molecule has 3 rings (SSSR count). The largest absolute Gasteiger partial charge is 0.326 e. The molecular weight excluding hydrogens is 404 g/mol. The van der Waals surface area contributed by atoms with Crippen molar-refractivity contribution in [3.8, 4) is 0 Å². The molecule has 0 unspecified atom stereocenters. The van der Waals surface area contributed by atoms with Gasteiger partial charge in [-0.15, -0.1) is 0 Å². The maximum Gasteiger partial charge on any atom is 0.229 e. The van der Waals surface area contributed by atoms with E-state index >= 15 is 0 Å². The molecule has 0 aromatic heterocycles. The van der Waals surface area contributed by atoms with Crippen molar-refractivity contribution in [3.05, 3.63) is 57.0 Å². The van der Waals surface area contributed by atoms with Gasteiger partial charge in [0.25, 0.3) is 0 Å². The zero-order valence-corrected chi connectivity index (χ0v) is 16.3. The molecular formula is C19H18BrClN2O2. The topological polar surface area (TPSA) is 49.4 Å². The Kier molecular flexibility index (Phi) is 5.16. The van der Waals surface area contributed by atoms with Crippen LogP contribution in [0.1, 0.15) is 17.5 Å². The number of hydrogen-bond acceptors (Lipinski definition) is 2. The zero-order valence-electron chi connectivity index (χ0n) is 14.0. The molecule has 0 aliphatic carbocycles. The molecule has 0 saturated carbocycles. The number of hydrogen-bond donors (Lipinski definition) is 1. The van der Waals surface area contributed by atoms with Crippen molar-refractivity contribution in [2.45, 2.75) is 20.3 Å². The minimum Gasteiger partial charge on any atom is -0.326 e. The lowest BCUT2D eigenvalue weighted by atomic mass is 10.1. The van der Waals surface area contributed by atoms with Gasteiger partial charge in [-0.05, 0) is 55.3 Å². The summed E-state index contributed by atoms with van der Waals surface area (Å²) >= 11 is 9.56. The van der Waals surface area contributed by atoms with Crippen molar-refractivity contribution < 1.29 is 9.59 Å². The number of nitrogens with zero attached hydrogens (tertiary/aromatic N) is 1. The monoisotopic (exact) mass is 420 g/mol. The Bertz CT molecular complexity index is 853. The second-order valence-corrected chi connectivity index (χ2v) is 7.56. The first-order valence-electron chi connectivity index (χ1n) is 7.99. The van der Waals surface area contributed by atoms with Gasteiger partial charge in [0.15, 0.2) is 0 Å². The predicted molar refractivity (Wildman–Crippen MR) is 104 cm³/mol. The second-order valence-electron chi connectivity index (χ2n) is 6.24. The normalized spacial score (nSPS) is 17.0. The molecule has 1 fully saturated rings. The Morgan fingerprint density at radius 3 is 2.76 bits per heavy atom. The number of carbonyl (C=O) groups excluding carboxylic acids is 2. The summed E-state index contributed by atoms with van der Waals surface area (Å²) in [7, 11) is 0. The summed E-state index contributed by atoms with van der Waals surface area (Å²) in [5.41, 5.74) is 3.35. The lowest BCUT2D eigenvalue weighted by molar-refractivity contribution is -0.122. The Morgan fingerprint density at radius 2 is 2.04 bits per heavy atom. The van der Waals surface area contributed by atoms with E-state index in [-0.39, 0.29) is 24.2 Å². The number of nitrogens with one attached hydrogen (secondary N) is 1. The first-order chi connectivity index (χ1) is 11.9. The SMILES string of the molecule is Cc1cc(Br)ccc1NC(=O)[C@@H]1CC(=O)N(c2cccc(Cl)c2C)C1. The van der Waals surface area contributed by atoms with Crippen molar-refractivity contribution >= 4 is 50.7 Å². The lowest BCUT2D eigenvalue weighted by Crippen LogP contribution is -2.28. The molecule has 2 aromatic rings. The number of rotatable bonds is 3. The molecule has 0 bridgehead atoms. The van der Waals surface area contributed by atoms with Crippen LogP contribution in [0, 0.1) is 19.8 Å². The third kappa shape index (κ3) is 3.72. The highest BCUT2D eigenvalue weighted by Crippen LogP contribution is 2.32. The van der Waals surface area contributed by atoms with Crippen LogP contribution in [-0.2, 0) is 9.59 Å². The van der Waals surface area contributed by atoms with E-state index in [0.717, 1.165) is 27.0 Å². The summed E-state index contributed by atoms with van der Waals surface area (Å²) < 4.78 is 0.960. The van der Waals surface area contributed by atoms with Crippen molar-refractivity contribution in [2.24, 2.45) is 5.92 Å². The number of amides is 2. The molecule has 130 valence electrons. The molecule has 25 heavy (non-hydrogen) atoms. The summed E-state index contributed by atoms with van der Waals surface area (Å²) in [6.07, 6.45) is 0.202. The number of halogens is 2. The van der Waals surface area contributed by atoms with Crippen LogP contribution in [0.25, 0.3) is 0 Å². The van der Waals surface area contributed by atoms with E-state index in [2.05, 4.69) is 21.2 Å². The minimum atomic E-state index is -0.381. The van der Waals surface area contributed by atoms with E-state index < -0.39 is 0 Å². The van der Waals surface area contributed by atoms with E-state index in [4.69, 9.17) is 11.6 Å². The van der Waals surface area contributed by atoms with E-state index in [1.54, 1.807) is 11.0 Å². The molecule has 1 aliphatic rings. The summed E-state index contributed by atoms with van der Waals surface area (Å²) in [6.45, 7) is 4.17. The number of carbonyl (C=O) groups is 2. The Morgan fingerprint density at radius 1 is 1.28 bits per heavy atom. The Hall–Kier alpha value is -1.85. The van der Waals surface area contributed by atoms with Gasteiger partial charge < -0.3 is 10.2 Å². The highest BCUT2D eigenvalue weighted by molar-refractivity contribution is 9.10. The lowest BCUT2D eigenvalue weighted by Gasteiger charge is -2.19. The van der Waals surface area contributed by atoms with Crippen LogP contribution in [0.5, 0.6) is 0 Å². The highest BCUT2D eigenvalue weighted by Gasteiger charge is 2.36. The summed E-state index contributed by atoms with van der Waals surface area (Å²) in [5, 5.41) is 3.55. The summed E-state index contributed by atoms with van der Waals surface area (Å²) in [5.74, 6) is -0.576. The standard InChI is InChI=1S/C19H18BrClN2O2/c1-11-8-14(20)6-7-16(11)22-19(25)13-9-18(24)23(10-13)17-5-3-4-15(21)12(17)2/h3-8,13H,9-10H2,1-2H3,(H,22,25)/t13-/m1/s1. The average Bonchev–Trinajstić information content (AvgIpc) is 2.94. The van der Waals surface area contributed by atoms with Gasteiger partial charge in [-0.1, -0.05) is 33.6 Å².